The smallest absolute Gasteiger partial charge is 0.348 e. The van der Waals surface area contributed by atoms with Crippen LogP contribution in [0.15, 0.2) is 36.9 Å². The summed E-state index contributed by atoms with van der Waals surface area (Å²) in [5, 5.41) is 28.4. The van der Waals surface area contributed by atoms with Crippen LogP contribution < -0.4 is 5.73 Å². The maximum atomic E-state index is 14.9. The van der Waals surface area contributed by atoms with Crippen LogP contribution in [0, 0.1) is 0 Å². The minimum absolute atomic E-state index is 0.0796. The van der Waals surface area contributed by atoms with Gasteiger partial charge in [-0.1, -0.05) is 24.3 Å². The normalized spacial score (nSPS) is 19.8. The van der Waals surface area contributed by atoms with Gasteiger partial charge < -0.3 is 30.5 Å². The molecule has 196 valence electrons. The molecule has 1 aliphatic rings. The number of carbonyl (C=O) groups is 3. The molecule has 1 fully saturated rings. The SMILES string of the molecule is Nc1ncnc2c1ncn2[C@@H]1O[C@H](COC(Cc2ccc(CCC(=O)O)cc2)(C(=O)O)C(=O)O)C[C@@H]1F. The number of aryl methyl sites for hydroxylation is 1. The van der Waals surface area contributed by atoms with Gasteiger partial charge in [-0.05, 0) is 17.5 Å². The first-order chi connectivity index (χ1) is 17.6. The summed E-state index contributed by atoms with van der Waals surface area (Å²) < 4.78 is 27.4. The third-order valence-corrected chi connectivity index (χ3v) is 6.10. The van der Waals surface area contributed by atoms with Crippen molar-refractivity contribution >= 4 is 34.9 Å². The molecule has 0 amide bonds. The molecule has 1 saturated heterocycles. The summed E-state index contributed by atoms with van der Waals surface area (Å²) in [6.07, 6.45) is -1.66. The molecular formula is C23H24FN5O8. The van der Waals surface area contributed by atoms with Gasteiger partial charge in [0.05, 0.1) is 19.0 Å². The molecule has 13 nitrogen and oxygen atoms in total. The molecule has 37 heavy (non-hydrogen) atoms. The Morgan fingerprint density at radius 2 is 1.78 bits per heavy atom. The molecule has 0 spiro atoms. The highest BCUT2D eigenvalue weighted by Gasteiger charge is 2.50. The maximum absolute atomic E-state index is 14.9. The van der Waals surface area contributed by atoms with Crippen LogP contribution in [0.3, 0.4) is 0 Å². The highest BCUT2D eigenvalue weighted by molar-refractivity contribution is 6.02. The number of ether oxygens (including phenoxy) is 2. The number of carboxylic acid groups (broad SMARTS) is 3. The summed E-state index contributed by atoms with van der Waals surface area (Å²) in [6, 6.07) is 6.21. The second-order valence-electron chi connectivity index (χ2n) is 8.62. The molecule has 2 aromatic heterocycles. The van der Waals surface area contributed by atoms with E-state index in [1.807, 2.05) is 0 Å². The highest BCUT2D eigenvalue weighted by atomic mass is 19.1. The Labute approximate surface area is 208 Å². The molecule has 4 rings (SSSR count). The van der Waals surface area contributed by atoms with E-state index in [1.165, 1.54) is 29.4 Å². The van der Waals surface area contributed by atoms with Gasteiger partial charge in [-0.2, -0.15) is 0 Å². The lowest BCUT2D eigenvalue weighted by atomic mass is 9.93. The maximum Gasteiger partial charge on any atom is 0.348 e. The summed E-state index contributed by atoms with van der Waals surface area (Å²) >= 11 is 0. The van der Waals surface area contributed by atoms with E-state index in [0.717, 1.165) is 0 Å². The number of anilines is 1. The third kappa shape index (κ3) is 5.34. The van der Waals surface area contributed by atoms with Crippen LogP contribution >= 0.6 is 0 Å². The molecule has 0 aliphatic carbocycles. The first-order valence-corrected chi connectivity index (χ1v) is 11.2. The second-order valence-corrected chi connectivity index (χ2v) is 8.62. The Bertz CT molecular complexity index is 1300. The fourth-order valence-electron chi connectivity index (χ4n) is 4.12. The molecule has 0 saturated carbocycles. The predicted molar refractivity (Wildman–Crippen MR) is 123 cm³/mol. The first kappa shape index (κ1) is 25.9. The summed E-state index contributed by atoms with van der Waals surface area (Å²) in [5.74, 6) is -4.30. The Kier molecular flexibility index (Phi) is 7.31. The number of halogens is 1. The zero-order valence-corrected chi connectivity index (χ0v) is 19.4. The lowest BCUT2D eigenvalue weighted by Gasteiger charge is -2.27. The Morgan fingerprint density at radius 3 is 2.43 bits per heavy atom. The topological polar surface area (TPSA) is 200 Å². The van der Waals surface area contributed by atoms with Gasteiger partial charge in [-0.25, -0.2) is 28.9 Å². The van der Waals surface area contributed by atoms with E-state index in [2.05, 4.69) is 15.0 Å². The zero-order valence-electron chi connectivity index (χ0n) is 19.4. The van der Waals surface area contributed by atoms with Crippen LogP contribution in [-0.2, 0) is 36.7 Å². The average Bonchev–Trinajstić information content (AvgIpc) is 3.44. The number of hydrogen-bond acceptors (Lipinski definition) is 9. The number of imidazole rings is 1. The van der Waals surface area contributed by atoms with E-state index in [9.17, 15) is 29.0 Å². The predicted octanol–water partition coefficient (Wildman–Crippen LogP) is 1.22. The van der Waals surface area contributed by atoms with Crippen LogP contribution in [0.25, 0.3) is 11.2 Å². The van der Waals surface area contributed by atoms with Gasteiger partial charge in [-0.3, -0.25) is 9.36 Å². The molecule has 3 heterocycles. The van der Waals surface area contributed by atoms with E-state index in [4.69, 9.17) is 20.3 Å². The minimum atomic E-state index is -2.65. The fraction of sp³-hybridized carbons (Fsp3) is 0.391. The van der Waals surface area contributed by atoms with E-state index in [1.54, 1.807) is 12.1 Å². The standard InChI is InChI=1S/C23H24FN5O8/c24-15-7-14(37-20(15)29-11-28-17-18(25)26-10-27-19(17)29)9-36-23(21(32)33,22(34)35)8-13-3-1-12(2-4-13)5-6-16(30)31/h1-4,10-11,14-15,20H,5-9H2,(H,30,31)(H,32,33)(H,34,35)(H2,25,26,27)/t14-,15-,20+/m0/s1. The average molecular weight is 517 g/mol. The van der Waals surface area contributed by atoms with Gasteiger partial charge in [0.25, 0.3) is 5.60 Å². The number of nitrogens with zero attached hydrogens (tertiary/aromatic N) is 4. The number of alkyl halides is 1. The quantitative estimate of drug-likeness (QED) is 0.265. The summed E-state index contributed by atoms with van der Waals surface area (Å²) in [7, 11) is 0. The number of carboxylic acids is 3. The van der Waals surface area contributed by atoms with Crippen molar-refractivity contribution in [1.82, 2.24) is 19.5 Å². The highest BCUT2D eigenvalue weighted by Crippen LogP contribution is 2.34. The lowest BCUT2D eigenvalue weighted by molar-refractivity contribution is -0.188. The number of nitrogen functional groups attached to an aromatic ring is 1. The number of benzene rings is 1. The van der Waals surface area contributed by atoms with Crippen molar-refractivity contribution in [3.8, 4) is 0 Å². The molecular weight excluding hydrogens is 493 g/mol. The number of fused-ring (bicyclic) bond motifs is 1. The molecule has 0 radical (unpaired) electrons. The minimum Gasteiger partial charge on any atom is -0.481 e. The molecule has 14 heteroatoms. The summed E-state index contributed by atoms with van der Waals surface area (Å²) in [6.45, 7) is -0.504. The Hall–Kier alpha value is -4.17. The van der Waals surface area contributed by atoms with E-state index in [-0.39, 0.29) is 36.2 Å². The van der Waals surface area contributed by atoms with E-state index in [0.29, 0.717) is 11.1 Å². The first-order valence-electron chi connectivity index (χ1n) is 11.2. The van der Waals surface area contributed by atoms with Crippen LogP contribution in [0.1, 0.15) is 30.2 Å². The molecule has 1 aromatic carbocycles. The van der Waals surface area contributed by atoms with Crippen LogP contribution in [-0.4, -0.2) is 77.2 Å². The molecule has 1 aliphatic heterocycles. The van der Waals surface area contributed by atoms with Crippen molar-refractivity contribution in [1.29, 1.82) is 0 Å². The van der Waals surface area contributed by atoms with Gasteiger partial charge >= 0.3 is 17.9 Å². The Morgan fingerprint density at radius 1 is 1.11 bits per heavy atom. The van der Waals surface area contributed by atoms with E-state index < -0.39 is 55.0 Å². The Balaban J connectivity index is 1.47. The number of aliphatic carboxylic acids is 3. The van der Waals surface area contributed by atoms with Crippen molar-refractivity contribution in [3.63, 3.8) is 0 Å². The van der Waals surface area contributed by atoms with Gasteiger partial charge in [0, 0.05) is 19.3 Å². The van der Waals surface area contributed by atoms with Crippen molar-refractivity contribution < 1.29 is 43.6 Å². The fourth-order valence-corrected chi connectivity index (χ4v) is 4.12. The van der Waals surface area contributed by atoms with Crippen LogP contribution in [0.2, 0.25) is 0 Å². The second kappa shape index (κ2) is 10.4. The monoisotopic (exact) mass is 517 g/mol. The molecule has 0 unspecified atom stereocenters. The van der Waals surface area contributed by atoms with Crippen LogP contribution in [0.5, 0.6) is 0 Å². The van der Waals surface area contributed by atoms with Gasteiger partial charge in [0.2, 0.25) is 0 Å². The van der Waals surface area contributed by atoms with Gasteiger partial charge in [0.1, 0.15) is 18.0 Å². The van der Waals surface area contributed by atoms with E-state index >= 15 is 0 Å². The number of rotatable bonds is 11. The number of hydrogen-bond donors (Lipinski definition) is 4. The van der Waals surface area contributed by atoms with Gasteiger partial charge in [-0.15, -0.1) is 0 Å². The van der Waals surface area contributed by atoms with Gasteiger partial charge in [0.15, 0.2) is 17.7 Å². The number of nitrogens with two attached hydrogens (primary N) is 1. The van der Waals surface area contributed by atoms with Crippen molar-refractivity contribution in [2.45, 2.75) is 49.8 Å². The zero-order chi connectivity index (χ0) is 26.7. The third-order valence-electron chi connectivity index (χ3n) is 6.10. The van der Waals surface area contributed by atoms with Crippen molar-refractivity contribution in [2.75, 3.05) is 12.3 Å². The molecule has 0 bridgehead atoms. The number of aromatic nitrogens is 4. The summed E-state index contributed by atoms with van der Waals surface area (Å²) in [5.41, 5.74) is 4.67. The molecule has 3 atom stereocenters. The molecule has 3 aromatic rings. The van der Waals surface area contributed by atoms with Crippen LogP contribution in [0.4, 0.5) is 10.2 Å². The van der Waals surface area contributed by atoms with Crippen molar-refractivity contribution in [2.24, 2.45) is 0 Å². The van der Waals surface area contributed by atoms with Crippen molar-refractivity contribution in [3.05, 3.63) is 48.0 Å². The largest absolute Gasteiger partial charge is 0.481 e. The molecule has 5 N–H and O–H groups in total. The lowest BCUT2D eigenvalue weighted by Crippen LogP contribution is -2.52. The summed E-state index contributed by atoms with van der Waals surface area (Å²) in [4.78, 5) is 46.9.